The standard InChI is InChI=1S/C23H29N3O2S/c27-22(16-26(20-12-13-20)15-17-5-2-1-3-6-17)24-18-8-10-19(11-9-18)25-23(28)21-7-4-14-29-21/h4,7-11,14,17,20H,1-3,5-6,12-13,15-16H2,(H,24,27)(H,25,28). The Hall–Kier alpha value is -2.18. The normalized spacial score (nSPS) is 17.3. The number of nitrogens with zero attached hydrogens (tertiary/aromatic N) is 1. The van der Waals surface area contributed by atoms with Gasteiger partial charge in [0.05, 0.1) is 11.4 Å². The van der Waals surface area contributed by atoms with Gasteiger partial charge in [0.2, 0.25) is 5.91 Å². The highest BCUT2D eigenvalue weighted by Crippen LogP contribution is 2.31. The quantitative estimate of drug-likeness (QED) is 0.644. The molecule has 1 aromatic carbocycles. The third kappa shape index (κ3) is 5.90. The molecule has 0 unspecified atom stereocenters. The Morgan fingerprint density at radius 2 is 1.62 bits per heavy atom. The fourth-order valence-corrected chi connectivity index (χ4v) is 4.73. The van der Waals surface area contributed by atoms with E-state index in [0.717, 1.165) is 23.8 Å². The fraction of sp³-hybridized carbons (Fsp3) is 0.478. The largest absolute Gasteiger partial charge is 0.325 e. The molecule has 2 amide bonds. The van der Waals surface area contributed by atoms with Crippen molar-refractivity contribution in [2.75, 3.05) is 23.7 Å². The van der Waals surface area contributed by atoms with Crippen molar-refractivity contribution in [2.45, 2.75) is 51.0 Å². The van der Waals surface area contributed by atoms with Gasteiger partial charge in [-0.3, -0.25) is 14.5 Å². The number of thiophene rings is 1. The van der Waals surface area contributed by atoms with Crippen molar-refractivity contribution in [2.24, 2.45) is 5.92 Å². The molecule has 0 bridgehead atoms. The zero-order valence-corrected chi connectivity index (χ0v) is 17.5. The molecule has 2 N–H and O–H groups in total. The zero-order valence-electron chi connectivity index (χ0n) is 16.7. The number of nitrogens with one attached hydrogen (secondary N) is 2. The Kier molecular flexibility index (Phi) is 6.62. The lowest BCUT2D eigenvalue weighted by Crippen LogP contribution is -2.38. The second-order valence-electron chi connectivity index (χ2n) is 8.22. The van der Waals surface area contributed by atoms with Crippen molar-refractivity contribution in [1.82, 2.24) is 4.90 Å². The van der Waals surface area contributed by atoms with Gasteiger partial charge in [0.15, 0.2) is 0 Å². The van der Waals surface area contributed by atoms with Crippen LogP contribution in [-0.2, 0) is 4.79 Å². The van der Waals surface area contributed by atoms with Gasteiger partial charge < -0.3 is 10.6 Å². The Morgan fingerprint density at radius 3 is 2.24 bits per heavy atom. The van der Waals surface area contributed by atoms with Crippen LogP contribution in [0.4, 0.5) is 11.4 Å². The van der Waals surface area contributed by atoms with Gasteiger partial charge in [-0.15, -0.1) is 11.3 Å². The summed E-state index contributed by atoms with van der Waals surface area (Å²) in [6.45, 7) is 1.53. The number of rotatable bonds is 8. The van der Waals surface area contributed by atoms with Crippen LogP contribution in [0, 0.1) is 5.92 Å². The fourth-order valence-electron chi connectivity index (χ4n) is 4.11. The van der Waals surface area contributed by atoms with Crippen LogP contribution in [0.1, 0.15) is 54.6 Å². The smallest absolute Gasteiger partial charge is 0.265 e. The van der Waals surface area contributed by atoms with Crippen molar-refractivity contribution in [1.29, 1.82) is 0 Å². The number of hydrogen-bond acceptors (Lipinski definition) is 4. The Morgan fingerprint density at radius 1 is 0.931 bits per heavy atom. The van der Waals surface area contributed by atoms with Crippen LogP contribution in [0.25, 0.3) is 0 Å². The molecule has 2 saturated carbocycles. The number of amides is 2. The minimum atomic E-state index is -0.112. The molecular formula is C23H29N3O2S. The van der Waals surface area contributed by atoms with Gasteiger partial charge in [-0.1, -0.05) is 25.3 Å². The predicted molar refractivity (Wildman–Crippen MR) is 119 cm³/mol. The van der Waals surface area contributed by atoms with Crippen LogP contribution in [0.3, 0.4) is 0 Å². The van der Waals surface area contributed by atoms with Crippen molar-refractivity contribution in [3.63, 3.8) is 0 Å². The molecule has 2 fully saturated rings. The third-order valence-electron chi connectivity index (χ3n) is 5.80. The summed E-state index contributed by atoms with van der Waals surface area (Å²) in [5, 5.41) is 7.77. The van der Waals surface area contributed by atoms with E-state index in [9.17, 15) is 9.59 Å². The van der Waals surface area contributed by atoms with Crippen LogP contribution in [-0.4, -0.2) is 35.8 Å². The molecule has 154 valence electrons. The molecule has 0 spiro atoms. The Balaban J connectivity index is 1.27. The van der Waals surface area contributed by atoms with Crippen molar-refractivity contribution in [3.05, 3.63) is 46.7 Å². The molecule has 0 saturated heterocycles. The average Bonchev–Trinajstić information content (AvgIpc) is 3.43. The molecule has 2 aliphatic carbocycles. The van der Waals surface area contributed by atoms with Crippen LogP contribution in [0.2, 0.25) is 0 Å². The van der Waals surface area contributed by atoms with Crippen molar-refractivity contribution >= 4 is 34.5 Å². The van der Waals surface area contributed by atoms with Crippen molar-refractivity contribution in [3.8, 4) is 0 Å². The van der Waals surface area contributed by atoms with E-state index in [-0.39, 0.29) is 11.8 Å². The van der Waals surface area contributed by atoms with E-state index in [1.165, 1.54) is 56.3 Å². The maximum Gasteiger partial charge on any atom is 0.265 e. The minimum Gasteiger partial charge on any atom is -0.325 e. The van der Waals surface area contributed by atoms with Crippen LogP contribution in [0.5, 0.6) is 0 Å². The first-order chi connectivity index (χ1) is 14.2. The van der Waals surface area contributed by atoms with Crippen LogP contribution in [0.15, 0.2) is 41.8 Å². The molecule has 5 nitrogen and oxygen atoms in total. The lowest BCUT2D eigenvalue weighted by Gasteiger charge is -2.29. The van der Waals surface area contributed by atoms with E-state index in [4.69, 9.17) is 0 Å². The molecule has 29 heavy (non-hydrogen) atoms. The van der Waals surface area contributed by atoms with E-state index in [0.29, 0.717) is 17.5 Å². The SMILES string of the molecule is O=C(CN(CC1CCCCC1)C1CC1)Nc1ccc(NC(=O)c2cccs2)cc1. The van der Waals surface area contributed by atoms with Gasteiger partial charge in [0.1, 0.15) is 0 Å². The predicted octanol–water partition coefficient (Wildman–Crippen LogP) is 4.98. The summed E-state index contributed by atoms with van der Waals surface area (Å²) in [4.78, 5) is 27.8. The first-order valence-electron chi connectivity index (χ1n) is 10.7. The first-order valence-corrected chi connectivity index (χ1v) is 11.5. The van der Waals surface area contributed by atoms with Gasteiger partial charge >= 0.3 is 0 Å². The summed E-state index contributed by atoms with van der Waals surface area (Å²) >= 11 is 1.41. The number of carbonyl (C=O) groups is 2. The summed E-state index contributed by atoms with van der Waals surface area (Å²) in [5.41, 5.74) is 1.48. The first kappa shape index (κ1) is 20.1. The summed E-state index contributed by atoms with van der Waals surface area (Å²) in [6, 6.07) is 11.6. The van der Waals surface area contributed by atoms with Crippen molar-refractivity contribution < 1.29 is 9.59 Å². The van der Waals surface area contributed by atoms with E-state index >= 15 is 0 Å². The van der Waals surface area contributed by atoms with E-state index < -0.39 is 0 Å². The highest BCUT2D eigenvalue weighted by Gasteiger charge is 2.32. The van der Waals surface area contributed by atoms with E-state index in [1.54, 1.807) is 6.07 Å². The van der Waals surface area contributed by atoms with Gasteiger partial charge in [-0.25, -0.2) is 0 Å². The summed E-state index contributed by atoms with van der Waals surface area (Å²) < 4.78 is 0. The lowest BCUT2D eigenvalue weighted by atomic mass is 9.89. The Bertz CT molecular complexity index is 809. The monoisotopic (exact) mass is 411 g/mol. The number of hydrogen-bond donors (Lipinski definition) is 2. The van der Waals surface area contributed by atoms with Gasteiger partial charge in [0, 0.05) is 24.0 Å². The summed E-state index contributed by atoms with van der Waals surface area (Å²) in [6.07, 6.45) is 9.10. The third-order valence-corrected chi connectivity index (χ3v) is 6.67. The summed E-state index contributed by atoms with van der Waals surface area (Å²) in [5.74, 6) is 0.686. The number of anilines is 2. The second kappa shape index (κ2) is 9.55. The lowest BCUT2D eigenvalue weighted by molar-refractivity contribution is -0.117. The molecule has 0 atom stereocenters. The second-order valence-corrected chi connectivity index (χ2v) is 9.17. The van der Waals surface area contributed by atoms with Gasteiger partial charge in [-0.05, 0) is 67.3 Å². The van der Waals surface area contributed by atoms with Gasteiger partial charge in [0.25, 0.3) is 5.91 Å². The van der Waals surface area contributed by atoms with Gasteiger partial charge in [-0.2, -0.15) is 0 Å². The molecule has 1 aromatic heterocycles. The average molecular weight is 412 g/mol. The molecule has 0 radical (unpaired) electrons. The maximum absolute atomic E-state index is 12.6. The Labute approximate surface area is 176 Å². The molecule has 1 heterocycles. The van der Waals surface area contributed by atoms with E-state index in [1.807, 2.05) is 35.7 Å². The number of carbonyl (C=O) groups excluding carboxylic acids is 2. The molecule has 6 heteroatoms. The molecule has 0 aliphatic heterocycles. The minimum absolute atomic E-state index is 0.0445. The highest BCUT2D eigenvalue weighted by atomic mass is 32.1. The highest BCUT2D eigenvalue weighted by molar-refractivity contribution is 7.12. The maximum atomic E-state index is 12.6. The number of benzene rings is 1. The summed E-state index contributed by atoms with van der Waals surface area (Å²) in [7, 11) is 0. The zero-order chi connectivity index (χ0) is 20.1. The molecule has 2 aliphatic rings. The van der Waals surface area contributed by atoms with Crippen LogP contribution < -0.4 is 10.6 Å². The van der Waals surface area contributed by atoms with E-state index in [2.05, 4.69) is 15.5 Å². The molecular weight excluding hydrogens is 382 g/mol. The molecule has 4 rings (SSSR count). The molecule has 2 aromatic rings. The topological polar surface area (TPSA) is 61.4 Å². The van der Waals surface area contributed by atoms with Crippen LogP contribution >= 0.6 is 11.3 Å².